The van der Waals surface area contributed by atoms with Crippen LogP contribution >= 0.6 is 11.3 Å². The van der Waals surface area contributed by atoms with Crippen molar-refractivity contribution in [3.8, 4) is 5.75 Å². The lowest BCUT2D eigenvalue weighted by Gasteiger charge is -2.34. The van der Waals surface area contributed by atoms with Crippen LogP contribution in [-0.4, -0.2) is 58.7 Å². The van der Waals surface area contributed by atoms with Crippen LogP contribution in [0, 0.1) is 17.0 Å². The van der Waals surface area contributed by atoms with Gasteiger partial charge in [0.2, 0.25) is 5.13 Å². The van der Waals surface area contributed by atoms with Gasteiger partial charge >= 0.3 is 0 Å². The molecule has 25 heavy (non-hydrogen) atoms. The normalized spacial score (nSPS) is 14.4. The highest BCUT2D eigenvalue weighted by Gasteiger charge is 2.23. The van der Waals surface area contributed by atoms with Crippen molar-refractivity contribution in [3.63, 3.8) is 0 Å². The lowest BCUT2D eigenvalue weighted by atomic mass is 10.3. The molecule has 0 spiro atoms. The van der Waals surface area contributed by atoms with Crippen molar-refractivity contribution >= 4 is 28.1 Å². The van der Waals surface area contributed by atoms with Gasteiger partial charge in [0, 0.05) is 38.3 Å². The van der Waals surface area contributed by atoms with Crippen LogP contribution in [0.15, 0.2) is 24.3 Å². The predicted octanol–water partition coefficient (Wildman–Crippen LogP) is 1.48. The number of benzene rings is 1. The predicted molar refractivity (Wildman–Crippen MR) is 92.0 cm³/mol. The molecule has 3 rings (SSSR count). The van der Waals surface area contributed by atoms with E-state index in [2.05, 4.69) is 15.1 Å². The van der Waals surface area contributed by atoms with Crippen LogP contribution in [0.2, 0.25) is 0 Å². The third kappa shape index (κ3) is 4.21. The number of hydrogen-bond acceptors (Lipinski definition) is 8. The third-order valence-electron chi connectivity index (χ3n) is 3.83. The minimum Gasteiger partial charge on any atom is -0.484 e. The van der Waals surface area contributed by atoms with Gasteiger partial charge in [-0.3, -0.25) is 14.9 Å². The number of anilines is 1. The molecule has 0 unspecified atom stereocenters. The highest BCUT2D eigenvalue weighted by Crippen LogP contribution is 2.21. The van der Waals surface area contributed by atoms with E-state index in [4.69, 9.17) is 4.74 Å². The topological polar surface area (TPSA) is 102 Å². The molecule has 132 valence electrons. The molecule has 1 aliphatic heterocycles. The standard InChI is InChI=1S/C15H17N5O4S/c1-11-16-17-15(25-11)19-8-6-18(7-9-19)14(21)10-24-13-4-2-12(3-5-13)20(22)23/h2-5H,6-10H2,1H3. The number of nitrogens with zero attached hydrogens (tertiary/aromatic N) is 5. The van der Waals surface area contributed by atoms with E-state index in [0.717, 1.165) is 10.1 Å². The number of nitro benzene ring substituents is 1. The van der Waals surface area contributed by atoms with E-state index in [1.807, 2.05) is 6.92 Å². The Labute approximate surface area is 148 Å². The van der Waals surface area contributed by atoms with Gasteiger partial charge in [0.15, 0.2) is 6.61 Å². The van der Waals surface area contributed by atoms with Crippen LogP contribution in [-0.2, 0) is 4.79 Å². The molecule has 9 nitrogen and oxygen atoms in total. The fourth-order valence-corrected chi connectivity index (χ4v) is 3.20. The highest BCUT2D eigenvalue weighted by atomic mass is 32.1. The van der Waals surface area contributed by atoms with Crippen LogP contribution in [0.25, 0.3) is 0 Å². The number of hydrogen-bond donors (Lipinski definition) is 0. The van der Waals surface area contributed by atoms with Gasteiger partial charge in [-0.05, 0) is 19.1 Å². The fraction of sp³-hybridized carbons (Fsp3) is 0.400. The van der Waals surface area contributed by atoms with Crippen molar-refractivity contribution < 1.29 is 14.5 Å². The summed E-state index contributed by atoms with van der Waals surface area (Å²) in [4.78, 5) is 26.2. The average molecular weight is 363 g/mol. The summed E-state index contributed by atoms with van der Waals surface area (Å²) in [5.74, 6) is 0.327. The Hall–Kier alpha value is -2.75. The van der Waals surface area contributed by atoms with Crippen LogP contribution < -0.4 is 9.64 Å². The number of non-ortho nitro benzene ring substituents is 1. The maximum atomic E-state index is 12.2. The van der Waals surface area contributed by atoms with E-state index >= 15 is 0 Å². The highest BCUT2D eigenvalue weighted by molar-refractivity contribution is 7.15. The maximum Gasteiger partial charge on any atom is 0.269 e. The molecule has 1 aromatic heterocycles. The number of piperazine rings is 1. The van der Waals surface area contributed by atoms with E-state index in [0.29, 0.717) is 31.9 Å². The molecule has 1 aliphatic rings. The molecule has 2 heterocycles. The molecular formula is C15H17N5O4S. The molecule has 1 fully saturated rings. The van der Waals surface area contributed by atoms with Gasteiger partial charge in [-0.1, -0.05) is 11.3 Å². The zero-order valence-corrected chi connectivity index (χ0v) is 14.4. The Balaban J connectivity index is 1.47. The molecule has 1 amide bonds. The van der Waals surface area contributed by atoms with E-state index in [1.54, 1.807) is 16.2 Å². The molecule has 0 N–H and O–H groups in total. The number of aromatic nitrogens is 2. The van der Waals surface area contributed by atoms with Crippen molar-refractivity contribution in [1.29, 1.82) is 0 Å². The number of nitro groups is 1. The lowest BCUT2D eigenvalue weighted by molar-refractivity contribution is -0.384. The van der Waals surface area contributed by atoms with Gasteiger partial charge in [-0.25, -0.2) is 0 Å². The summed E-state index contributed by atoms with van der Waals surface area (Å²) in [5.41, 5.74) is -0.0123. The van der Waals surface area contributed by atoms with E-state index in [-0.39, 0.29) is 18.2 Å². The molecule has 2 aromatic rings. The SMILES string of the molecule is Cc1nnc(N2CCN(C(=O)COc3ccc([N+](=O)[O-])cc3)CC2)s1. The first-order valence-electron chi connectivity index (χ1n) is 7.73. The summed E-state index contributed by atoms with van der Waals surface area (Å²) in [6.07, 6.45) is 0. The second-order valence-electron chi connectivity index (χ2n) is 5.51. The van der Waals surface area contributed by atoms with Crippen molar-refractivity contribution in [2.24, 2.45) is 0 Å². The van der Waals surface area contributed by atoms with Crippen LogP contribution in [0.5, 0.6) is 5.75 Å². The number of rotatable bonds is 5. The fourth-order valence-electron chi connectivity index (χ4n) is 2.46. The molecule has 0 saturated carbocycles. The first-order valence-corrected chi connectivity index (χ1v) is 8.54. The van der Waals surface area contributed by atoms with Gasteiger partial charge in [-0.15, -0.1) is 10.2 Å². The van der Waals surface area contributed by atoms with Gasteiger partial charge in [0.1, 0.15) is 10.8 Å². The minimum absolute atomic E-state index is 0.0123. The molecule has 1 saturated heterocycles. The van der Waals surface area contributed by atoms with Crippen molar-refractivity contribution in [2.75, 3.05) is 37.7 Å². The van der Waals surface area contributed by atoms with E-state index in [9.17, 15) is 14.9 Å². The largest absolute Gasteiger partial charge is 0.484 e. The van der Waals surface area contributed by atoms with Crippen molar-refractivity contribution in [3.05, 3.63) is 39.4 Å². The summed E-state index contributed by atoms with van der Waals surface area (Å²) in [5, 5.41) is 20.5. The van der Waals surface area contributed by atoms with E-state index in [1.165, 1.54) is 24.3 Å². The minimum atomic E-state index is -0.478. The smallest absolute Gasteiger partial charge is 0.269 e. The summed E-state index contributed by atoms with van der Waals surface area (Å²) < 4.78 is 5.42. The van der Waals surface area contributed by atoms with Crippen LogP contribution in [0.1, 0.15) is 5.01 Å². The summed E-state index contributed by atoms with van der Waals surface area (Å²) in [7, 11) is 0. The quantitative estimate of drug-likeness (QED) is 0.586. The Morgan fingerprint density at radius 1 is 1.24 bits per heavy atom. The molecular weight excluding hydrogens is 346 g/mol. The second kappa shape index (κ2) is 7.43. The number of ether oxygens (including phenoxy) is 1. The summed E-state index contributed by atoms with van der Waals surface area (Å²) in [6, 6.07) is 5.67. The molecule has 0 bridgehead atoms. The first-order chi connectivity index (χ1) is 12.0. The van der Waals surface area contributed by atoms with Crippen LogP contribution in [0.3, 0.4) is 0 Å². The molecule has 0 atom stereocenters. The number of aryl methyl sites for hydroxylation is 1. The Bertz CT molecular complexity index is 756. The first kappa shape index (κ1) is 17.1. The zero-order valence-electron chi connectivity index (χ0n) is 13.6. The second-order valence-corrected chi connectivity index (χ2v) is 6.67. The Morgan fingerprint density at radius 2 is 1.92 bits per heavy atom. The average Bonchev–Trinajstić information content (AvgIpc) is 3.06. The maximum absolute atomic E-state index is 12.2. The van der Waals surface area contributed by atoms with E-state index < -0.39 is 4.92 Å². The number of carbonyl (C=O) groups excluding carboxylic acids is 1. The lowest BCUT2D eigenvalue weighted by Crippen LogP contribution is -2.50. The van der Waals surface area contributed by atoms with Gasteiger partial charge in [0.25, 0.3) is 11.6 Å². The Morgan fingerprint density at radius 3 is 2.48 bits per heavy atom. The van der Waals surface area contributed by atoms with Crippen LogP contribution in [0.4, 0.5) is 10.8 Å². The monoisotopic (exact) mass is 363 g/mol. The molecule has 0 aliphatic carbocycles. The van der Waals surface area contributed by atoms with Gasteiger partial charge in [-0.2, -0.15) is 0 Å². The van der Waals surface area contributed by atoms with Crippen molar-refractivity contribution in [2.45, 2.75) is 6.92 Å². The van der Waals surface area contributed by atoms with Gasteiger partial charge in [0.05, 0.1) is 4.92 Å². The molecule has 10 heteroatoms. The zero-order chi connectivity index (χ0) is 17.8. The summed E-state index contributed by atoms with van der Waals surface area (Å²) >= 11 is 1.54. The van der Waals surface area contributed by atoms with Gasteiger partial charge < -0.3 is 14.5 Å². The summed E-state index contributed by atoms with van der Waals surface area (Å²) in [6.45, 7) is 4.43. The van der Waals surface area contributed by atoms with Crippen molar-refractivity contribution in [1.82, 2.24) is 15.1 Å². The Kier molecular flexibility index (Phi) is 5.08. The molecule has 0 radical (unpaired) electrons. The third-order valence-corrected chi connectivity index (χ3v) is 4.73. The number of carbonyl (C=O) groups is 1. The number of amides is 1. The molecule has 1 aromatic carbocycles.